The van der Waals surface area contributed by atoms with Gasteiger partial charge in [-0.3, -0.25) is 4.79 Å². The van der Waals surface area contributed by atoms with Gasteiger partial charge in [0.15, 0.2) is 11.5 Å². The summed E-state index contributed by atoms with van der Waals surface area (Å²) in [7, 11) is 3.02. The lowest BCUT2D eigenvalue weighted by atomic mass is 10.2. The number of carbonyl (C=O) groups excluding carboxylic acids is 2. The molecule has 8 nitrogen and oxygen atoms in total. The molecular formula is C26H26N2O6. The van der Waals surface area contributed by atoms with Crippen LogP contribution in [0.25, 0.3) is 0 Å². The first-order chi connectivity index (χ1) is 16.5. The third kappa shape index (κ3) is 6.59. The maximum Gasteiger partial charge on any atom is 0.343 e. The number of carbonyl (C=O) groups is 2. The van der Waals surface area contributed by atoms with E-state index in [0.29, 0.717) is 40.7 Å². The Balaban J connectivity index is 1.54. The highest BCUT2D eigenvalue weighted by atomic mass is 16.5. The van der Waals surface area contributed by atoms with E-state index in [1.807, 2.05) is 6.92 Å². The molecule has 34 heavy (non-hydrogen) atoms. The Morgan fingerprint density at radius 3 is 2.15 bits per heavy atom. The lowest BCUT2D eigenvalue weighted by Gasteiger charge is -2.09. The van der Waals surface area contributed by atoms with Crippen LogP contribution in [0, 0.1) is 0 Å². The van der Waals surface area contributed by atoms with Crippen molar-refractivity contribution in [2.24, 2.45) is 5.10 Å². The average Bonchev–Trinajstić information content (AvgIpc) is 2.88. The van der Waals surface area contributed by atoms with Crippen molar-refractivity contribution in [2.45, 2.75) is 13.3 Å². The molecule has 0 radical (unpaired) electrons. The molecule has 0 bridgehead atoms. The highest BCUT2D eigenvalue weighted by Crippen LogP contribution is 2.28. The number of ether oxygens (including phenoxy) is 4. The number of nitrogens with zero attached hydrogens (tertiary/aromatic N) is 1. The van der Waals surface area contributed by atoms with Crippen LogP contribution in [0.15, 0.2) is 71.8 Å². The van der Waals surface area contributed by atoms with Gasteiger partial charge in [-0.15, -0.1) is 0 Å². The largest absolute Gasteiger partial charge is 0.494 e. The average molecular weight is 463 g/mol. The standard InChI is InChI=1S/C26H26N2O6/c1-4-15-33-21-12-7-19(8-13-21)25(29)28-27-17-18-5-10-22(11-6-18)34-26(30)20-9-14-23(31-2)24(16-20)32-3/h5-14,16-17H,4,15H2,1-3H3,(H,28,29)/b27-17+. The first-order valence-corrected chi connectivity index (χ1v) is 10.6. The quantitative estimate of drug-likeness (QED) is 0.207. The first-order valence-electron chi connectivity index (χ1n) is 10.6. The van der Waals surface area contributed by atoms with Gasteiger partial charge < -0.3 is 18.9 Å². The number of nitrogens with one attached hydrogen (secondary N) is 1. The SMILES string of the molecule is CCCOc1ccc(C(=O)N/N=C/c2ccc(OC(=O)c3ccc(OC)c(OC)c3)cc2)cc1. The summed E-state index contributed by atoms with van der Waals surface area (Å²) in [5.41, 5.74) is 4.00. The summed E-state index contributed by atoms with van der Waals surface area (Å²) in [6.45, 7) is 2.66. The summed E-state index contributed by atoms with van der Waals surface area (Å²) < 4.78 is 21.3. The van der Waals surface area contributed by atoms with Crippen molar-refractivity contribution in [1.82, 2.24) is 5.43 Å². The number of benzene rings is 3. The molecule has 0 aliphatic rings. The van der Waals surface area contributed by atoms with Crippen LogP contribution in [-0.2, 0) is 0 Å². The zero-order valence-electron chi connectivity index (χ0n) is 19.2. The maximum absolute atomic E-state index is 12.4. The summed E-state index contributed by atoms with van der Waals surface area (Å²) in [5.74, 6) is 1.18. The molecular weight excluding hydrogens is 436 g/mol. The Labute approximate surface area is 198 Å². The van der Waals surface area contributed by atoms with Crippen molar-refractivity contribution in [1.29, 1.82) is 0 Å². The van der Waals surface area contributed by atoms with Gasteiger partial charge in [-0.2, -0.15) is 5.10 Å². The van der Waals surface area contributed by atoms with Gasteiger partial charge in [0.25, 0.3) is 5.91 Å². The number of methoxy groups -OCH3 is 2. The van der Waals surface area contributed by atoms with Crippen molar-refractivity contribution in [3.8, 4) is 23.0 Å². The van der Waals surface area contributed by atoms with Gasteiger partial charge in [0.05, 0.1) is 32.6 Å². The van der Waals surface area contributed by atoms with Crippen molar-refractivity contribution in [2.75, 3.05) is 20.8 Å². The lowest BCUT2D eigenvalue weighted by molar-refractivity contribution is 0.0734. The summed E-state index contributed by atoms with van der Waals surface area (Å²) >= 11 is 0. The van der Waals surface area contributed by atoms with Crippen molar-refractivity contribution < 1.29 is 28.5 Å². The van der Waals surface area contributed by atoms with Crippen molar-refractivity contribution in [3.63, 3.8) is 0 Å². The molecule has 0 spiro atoms. The number of hydrazone groups is 1. The Hall–Kier alpha value is -4.33. The highest BCUT2D eigenvalue weighted by Gasteiger charge is 2.13. The lowest BCUT2D eigenvalue weighted by Crippen LogP contribution is -2.17. The molecule has 0 atom stereocenters. The number of rotatable bonds is 10. The van der Waals surface area contributed by atoms with E-state index < -0.39 is 5.97 Å². The fourth-order valence-corrected chi connectivity index (χ4v) is 2.90. The van der Waals surface area contributed by atoms with Gasteiger partial charge in [-0.05, 0) is 78.7 Å². The van der Waals surface area contributed by atoms with Crippen LogP contribution in [0.3, 0.4) is 0 Å². The van der Waals surface area contributed by atoms with Gasteiger partial charge in [-0.1, -0.05) is 6.92 Å². The number of hydrogen-bond acceptors (Lipinski definition) is 7. The summed E-state index contributed by atoms with van der Waals surface area (Å²) in [6, 6.07) is 18.3. The van der Waals surface area contributed by atoms with Gasteiger partial charge in [0.2, 0.25) is 0 Å². The second-order valence-corrected chi connectivity index (χ2v) is 7.10. The van der Waals surface area contributed by atoms with E-state index in [2.05, 4.69) is 10.5 Å². The van der Waals surface area contributed by atoms with E-state index >= 15 is 0 Å². The fourth-order valence-electron chi connectivity index (χ4n) is 2.90. The van der Waals surface area contributed by atoms with Crippen molar-refractivity contribution in [3.05, 3.63) is 83.4 Å². The Morgan fingerprint density at radius 2 is 1.50 bits per heavy atom. The Bertz CT molecular complexity index is 1140. The molecule has 1 N–H and O–H groups in total. The second-order valence-electron chi connectivity index (χ2n) is 7.10. The fraction of sp³-hybridized carbons (Fsp3) is 0.192. The van der Waals surface area contributed by atoms with Crippen molar-refractivity contribution >= 4 is 18.1 Å². The monoisotopic (exact) mass is 462 g/mol. The van der Waals surface area contributed by atoms with E-state index in [1.165, 1.54) is 20.4 Å². The zero-order valence-corrected chi connectivity index (χ0v) is 19.2. The summed E-state index contributed by atoms with van der Waals surface area (Å²) in [5, 5.41) is 3.97. The number of esters is 1. The summed E-state index contributed by atoms with van der Waals surface area (Å²) in [4.78, 5) is 24.6. The number of amides is 1. The molecule has 0 heterocycles. The third-order valence-electron chi connectivity index (χ3n) is 4.68. The van der Waals surface area contributed by atoms with Crippen LogP contribution in [0.1, 0.15) is 39.6 Å². The molecule has 3 rings (SSSR count). The minimum atomic E-state index is -0.527. The molecule has 3 aromatic carbocycles. The zero-order chi connectivity index (χ0) is 24.3. The van der Waals surface area contributed by atoms with Gasteiger partial charge in [0, 0.05) is 5.56 Å². The molecule has 0 aromatic heterocycles. The normalized spacial score (nSPS) is 10.6. The predicted molar refractivity (Wildman–Crippen MR) is 128 cm³/mol. The van der Waals surface area contributed by atoms with E-state index in [9.17, 15) is 9.59 Å². The molecule has 0 saturated carbocycles. The second kappa shape index (κ2) is 12.1. The Kier molecular flexibility index (Phi) is 8.62. The molecule has 8 heteroatoms. The Morgan fingerprint density at radius 1 is 0.853 bits per heavy atom. The van der Waals surface area contributed by atoms with E-state index in [-0.39, 0.29) is 5.91 Å². The minimum Gasteiger partial charge on any atom is -0.494 e. The summed E-state index contributed by atoms with van der Waals surface area (Å²) in [6.07, 6.45) is 2.41. The van der Waals surface area contributed by atoms with Crippen LogP contribution < -0.4 is 24.4 Å². The number of hydrogen-bond donors (Lipinski definition) is 1. The highest BCUT2D eigenvalue weighted by molar-refractivity contribution is 5.95. The molecule has 176 valence electrons. The van der Waals surface area contributed by atoms with Crippen LogP contribution >= 0.6 is 0 Å². The molecule has 3 aromatic rings. The van der Waals surface area contributed by atoms with Crippen LogP contribution in [0.2, 0.25) is 0 Å². The van der Waals surface area contributed by atoms with E-state index in [4.69, 9.17) is 18.9 Å². The minimum absolute atomic E-state index is 0.330. The first kappa shape index (κ1) is 24.3. The van der Waals surface area contributed by atoms with Gasteiger partial charge in [0.1, 0.15) is 11.5 Å². The molecule has 1 amide bonds. The molecule has 0 unspecified atom stereocenters. The predicted octanol–water partition coefficient (Wildman–Crippen LogP) is 4.48. The maximum atomic E-state index is 12.4. The topological polar surface area (TPSA) is 95.5 Å². The van der Waals surface area contributed by atoms with E-state index in [0.717, 1.165) is 12.0 Å². The van der Waals surface area contributed by atoms with Crippen LogP contribution in [0.4, 0.5) is 0 Å². The van der Waals surface area contributed by atoms with E-state index in [1.54, 1.807) is 66.7 Å². The third-order valence-corrected chi connectivity index (χ3v) is 4.68. The van der Waals surface area contributed by atoms with Crippen LogP contribution in [0.5, 0.6) is 23.0 Å². The molecule has 0 saturated heterocycles. The van der Waals surface area contributed by atoms with Crippen LogP contribution in [-0.4, -0.2) is 38.9 Å². The molecule has 0 aliphatic heterocycles. The molecule has 0 aliphatic carbocycles. The smallest absolute Gasteiger partial charge is 0.343 e. The van der Waals surface area contributed by atoms with Gasteiger partial charge in [-0.25, -0.2) is 10.2 Å². The molecule has 0 fully saturated rings. The van der Waals surface area contributed by atoms with Gasteiger partial charge >= 0.3 is 5.97 Å².